The number of carbonyl (C=O) groups excluding carboxylic acids is 1. The number of amides is 1. The van der Waals surface area contributed by atoms with E-state index in [1.807, 2.05) is 54.6 Å². The van der Waals surface area contributed by atoms with E-state index in [1.54, 1.807) is 0 Å². The Labute approximate surface area is 148 Å². The van der Waals surface area contributed by atoms with Crippen LogP contribution in [0.4, 0.5) is 5.69 Å². The SMILES string of the molecule is O=C(CN(CC1CC1)C1CC1)Nc1ccc(Oc2ccccc2)cc1. The van der Waals surface area contributed by atoms with Crippen LogP contribution in [-0.2, 0) is 4.79 Å². The Bertz CT molecular complexity index is 706. The van der Waals surface area contributed by atoms with Crippen molar-refractivity contribution < 1.29 is 9.53 Å². The zero-order chi connectivity index (χ0) is 17.1. The van der Waals surface area contributed by atoms with Gasteiger partial charge in [-0.25, -0.2) is 0 Å². The third-order valence-corrected chi connectivity index (χ3v) is 4.72. The van der Waals surface area contributed by atoms with Crippen molar-refractivity contribution in [3.8, 4) is 11.5 Å². The van der Waals surface area contributed by atoms with Gasteiger partial charge in [-0.1, -0.05) is 18.2 Å². The number of nitrogens with zero attached hydrogens (tertiary/aromatic N) is 1. The van der Waals surface area contributed by atoms with Crippen molar-refractivity contribution >= 4 is 11.6 Å². The van der Waals surface area contributed by atoms with Crippen LogP contribution in [0.3, 0.4) is 0 Å². The van der Waals surface area contributed by atoms with Crippen LogP contribution in [-0.4, -0.2) is 29.9 Å². The summed E-state index contributed by atoms with van der Waals surface area (Å²) in [6.07, 6.45) is 5.14. The Balaban J connectivity index is 1.30. The molecule has 2 fully saturated rings. The average molecular weight is 336 g/mol. The number of para-hydroxylation sites is 1. The molecule has 4 nitrogen and oxygen atoms in total. The van der Waals surface area contributed by atoms with Crippen LogP contribution >= 0.6 is 0 Å². The molecule has 1 amide bonds. The summed E-state index contributed by atoms with van der Waals surface area (Å²) in [6.45, 7) is 1.59. The van der Waals surface area contributed by atoms with E-state index in [2.05, 4.69) is 10.2 Å². The Morgan fingerprint density at radius 3 is 2.28 bits per heavy atom. The Hall–Kier alpha value is -2.33. The summed E-state index contributed by atoms with van der Waals surface area (Å²) >= 11 is 0. The highest BCUT2D eigenvalue weighted by Gasteiger charge is 2.34. The number of hydrogen-bond acceptors (Lipinski definition) is 3. The number of nitrogens with one attached hydrogen (secondary N) is 1. The van der Waals surface area contributed by atoms with Gasteiger partial charge in [-0.15, -0.1) is 0 Å². The lowest BCUT2D eigenvalue weighted by molar-refractivity contribution is -0.117. The molecule has 4 heteroatoms. The Kier molecular flexibility index (Phi) is 4.70. The first-order valence-electron chi connectivity index (χ1n) is 9.13. The molecule has 0 spiro atoms. The lowest BCUT2D eigenvalue weighted by atomic mass is 10.3. The van der Waals surface area contributed by atoms with Gasteiger partial charge in [0.1, 0.15) is 11.5 Å². The summed E-state index contributed by atoms with van der Waals surface area (Å²) in [6, 6.07) is 17.8. The van der Waals surface area contributed by atoms with Gasteiger partial charge in [0.25, 0.3) is 0 Å². The molecule has 2 aromatic carbocycles. The molecule has 2 aromatic rings. The number of ether oxygens (including phenoxy) is 1. The zero-order valence-electron chi connectivity index (χ0n) is 14.4. The average Bonchev–Trinajstić information content (AvgIpc) is 3.51. The molecule has 0 unspecified atom stereocenters. The van der Waals surface area contributed by atoms with Crippen LogP contribution < -0.4 is 10.1 Å². The first-order valence-corrected chi connectivity index (χ1v) is 9.13. The van der Waals surface area contributed by atoms with E-state index in [0.29, 0.717) is 12.6 Å². The maximum Gasteiger partial charge on any atom is 0.238 e. The second-order valence-corrected chi connectivity index (χ2v) is 7.09. The van der Waals surface area contributed by atoms with Crippen molar-refractivity contribution in [2.75, 3.05) is 18.4 Å². The summed E-state index contributed by atoms with van der Waals surface area (Å²) in [5.74, 6) is 2.46. The van der Waals surface area contributed by atoms with Crippen molar-refractivity contribution in [2.24, 2.45) is 5.92 Å². The van der Waals surface area contributed by atoms with Gasteiger partial charge in [0.05, 0.1) is 6.54 Å². The monoisotopic (exact) mass is 336 g/mol. The molecule has 0 radical (unpaired) electrons. The maximum atomic E-state index is 12.3. The van der Waals surface area contributed by atoms with Gasteiger partial charge in [0, 0.05) is 18.3 Å². The first kappa shape index (κ1) is 16.2. The number of hydrogen-bond donors (Lipinski definition) is 1. The van der Waals surface area contributed by atoms with E-state index in [4.69, 9.17) is 4.74 Å². The maximum absolute atomic E-state index is 12.3. The number of rotatable bonds is 8. The normalized spacial score (nSPS) is 16.7. The highest BCUT2D eigenvalue weighted by atomic mass is 16.5. The fourth-order valence-electron chi connectivity index (χ4n) is 3.03. The Morgan fingerprint density at radius 2 is 1.64 bits per heavy atom. The fourth-order valence-corrected chi connectivity index (χ4v) is 3.03. The molecule has 0 aromatic heterocycles. The zero-order valence-corrected chi connectivity index (χ0v) is 14.4. The topological polar surface area (TPSA) is 41.6 Å². The molecule has 130 valence electrons. The van der Waals surface area contributed by atoms with Crippen LogP contribution in [0, 0.1) is 5.92 Å². The minimum absolute atomic E-state index is 0.0734. The van der Waals surface area contributed by atoms with E-state index in [0.717, 1.165) is 29.6 Å². The van der Waals surface area contributed by atoms with E-state index < -0.39 is 0 Å². The molecule has 1 N–H and O–H groups in total. The molecule has 0 heterocycles. The molecule has 0 atom stereocenters. The summed E-state index contributed by atoms with van der Waals surface area (Å²) in [7, 11) is 0. The summed E-state index contributed by atoms with van der Waals surface area (Å²) in [4.78, 5) is 14.7. The Morgan fingerprint density at radius 1 is 0.960 bits per heavy atom. The van der Waals surface area contributed by atoms with Crippen molar-refractivity contribution in [1.82, 2.24) is 4.90 Å². The van der Waals surface area contributed by atoms with Crippen molar-refractivity contribution in [2.45, 2.75) is 31.7 Å². The molecule has 0 aliphatic heterocycles. The van der Waals surface area contributed by atoms with Gasteiger partial charge in [-0.05, 0) is 68.0 Å². The van der Waals surface area contributed by atoms with Gasteiger partial charge < -0.3 is 10.1 Å². The van der Waals surface area contributed by atoms with Crippen LogP contribution in [0.2, 0.25) is 0 Å². The van der Waals surface area contributed by atoms with E-state index in [9.17, 15) is 4.79 Å². The fraction of sp³-hybridized carbons (Fsp3) is 0.381. The molecule has 0 saturated heterocycles. The summed E-state index contributed by atoms with van der Waals surface area (Å²) in [5, 5.41) is 3.00. The van der Waals surface area contributed by atoms with Gasteiger partial charge in [-0.3, -0.25) is 9.69 Å². The smallest absolute Gasteiger partial charge is 0.238 e. The predicted octanol–water partition coefficient (Wildman–Crippen LogP) is 4.29. The first-order chi connectivity index (χ1) is 12.3. The number of carbonyl (C=O) groups is 1. The molecule has 4 rings (SSSR count). The second-order valence-electron chi connectivity index (χ2n) is 7.09. The molecule has 2 saturated carbocycles. The number of anilines is 1. The highest BCUT2D eigenvalue weighted by Crippen LogP contribution is 2.34. The predicted molar refractivity (Wildman–Crippen MR) is 98.9 cm³/mol. The highest BCUT2D eigenvalue weighted by molar-refractivity contribution is 5.92. The molecular weight excluding hydrogens is 312 g/mol. The minimum Gasteiger partial charge on any atom is -0.457 e. The van der Waals surface area contributed by atoms with Gasteiger partial charge in [0.2, 0.25) is 5.91 Å². The molecule has 2 aliphatic carbocycles. The summed E-state index contributed by atoms with van der Waals surface area (Å²) in [5.41, 5.74) is 0.813. The van der Waals surface area contributed by atoms with Crippen LogP contribution in [0.25, 0.3) is 0 Å². The van der Waals surface area contributed by atoms with Gasteiger partial charge >= 0.3 is 0 Å². The third-order valence-electron chi connectivity index (χ3n) is 4.72. The largest absolute Gasteiger partial charge is 0.457 e. The van der Waals surface area contributed by atoms with Gasteiger partial charge in [0.15, 0.2) is 0 Å². The molecule has 25 heavy (non-hydrogen) atoms. The van der Waals surface area contributed by atoms with E-state index in [1.165, 1.54) is 25.7 Å². The molecular formula is C21H24N2O2. The lowest BCUT2D eigenvalue weighted by Gasteiger charge is -2.21. The van der Waals surface area contributed by atoms with Crippen molar-refractivity contribution in [3.05, 3.63) is 54.6 Å². The van der Waals surface area contributed by atoms with Crippen LogP contribution in [0.1, 0.15) is 25.7 Å². The minimum atomic E-state index is 0.0734. The standard InChI is InChI=1S/C21H24N2O2/c24-21(15-23(18-10-11-18)14-16-6-7-16)22-17-8-12-20(13-9-17)25-19-4-2-1-3-5-19/h1-5,8-9,12-13,16,18H,6-7,10-11,14-15H2,(H,22,24). The summed E-state index contributed by atoms with van der Waals surface area (Å²) < 4.78 is 5.77. The van der Waals surface area contributed by atoms with E-state index in [-0.39, 0.29) is 5.91 Å². The van der Waals surface area contributed by atoms with Gasteiger partial charge in [-0.2, -0.15) is 0 Å². The molecule has 2 aliphatic rings. The van der Waals surface area contributed by atoms with Crippen LogP contribution in [0.15, 0.2) is 54.6 Å². The van der Waals surface area contributed by atoms with E-state index >= 15 is 0 Å². The number of benzene rings is 2. The van der Waals surface area contributed by atoms with Crippen molar-refractivity contribution in [1.29, 1.82) is 0 Å². The molecule has 0 bridgehead atoms. The van der Waals surface area contributed by atoms with Crippen molar-refractivity contribution in [3.63, 3.8) is 0 Å². The second kappa shape index (κ2) is 7.28. The lowest BCUT2D eigenvalue weighted by Crippen LogP contribution is -2.36. The van der Waals surface area contributed by atoms with Crippen LogP contribution in [0.5, 0.6) is 11.5 Å². The quantitative estimate of drug-likeness (QED) is 0.782. The third kappa shape index (κ3) is 4.83.